The van der Waals surface area contributed by atoms with E-state index < -0.39 is 0 Å². The third-order valence-electron chi connectivity index (χ3n) is 1.35. The van der Waals surface area contributed by atoms with Crippen LogP contribution in [0.1, 0.15) is 25.7 Å². The number of rotatable bonds is 2. The van der Waals surface area contributed by atoms with E-state index in [0.717, 1.165) is 0 Å². The molecule has 0 saturated heterocycles. The second-order valence-electron chi connectivity index (χ2n) is 2.41. The van der Waals surface area contributed by atoms with Crippen molar-refractivity contribution in [2.24, 2.45) is 0 Å². The molecule has 1 aromatic rings. The molecule has 0 saturated carbocycles. The van der Waals surface area contributed by atoms with E-state index in [0.29, 0.717) is 11.9 Å². The number of hydrogen-bond donors (Lipinski definition) is 1. The molecule has 56 valence electrons. The van der Waals surface area contributed by atoms with Crippen molar-refractivity contribution in [1.29, 1.82) is 0 Å². The predicted octanol–water partition coefficient (Wildman–Crippen LogP) is 0.351. The van der Waals surface area contributed by atoms with Gasteiger partial charge in [0.05, 0.1) is 0 Å². The Hall–Kier alpha value is -0.900. The molecule has 1 rings (SSSR count). The van der Waals surface area contributed by atoms with E-state index in [1.54, 1.807) is 6.33 Å². The summed E-state index contributed by atoms with van der Waals surface area (Å²) in [6.45, 7) is 3.99. The molecule has 0 aliphatic heterocycles. The maximum atomic E-state index is 8.73. The number of hydrogen-bond acceptors (Lipinski definition) is 3. The van der Waals surface area contributed by atoms with Crippen molar-refractivity contribution in [2.75, 3.05) is 0 Å². The molecule has 0 bridgehead atoms. The monoisotopic (exact) mass is 141 g/mol. The summed E-state index contributed by atoms with van der Waals surface area (Å²) in [7, 11) is 0. The number of nitrogens with zero attached hydrogens (tertiary/aromatic N) is 3. The van der Waals surface area contributed by atoms with Crippen LogP contribution in [0.3, 0.4) is 0 Å². The molecule has 0 aliphatic carbocycles. The van der Waals surface area contributed by atoms with Crippen LogP contribution in [-0.2, 0) is 6.61 Å². The summed E-state index contributed by atoms with van der Waals surface area (Å²) in [5.41, 5.74) is 0. The molecule has 0 aliphatic rings. The lowest BCUT2D eigenvalue weighted by atomic mass is 10.4. The zero-order chi connectivity index (χ0) is 7.56. The average molecular weight is 141 g/mol. The fourth-order valence-corrected chi connectivity index (χ4v) is 0.811. The number of aliphatic hydroxyl groups excluding tert-OH is 1. The van der Waals surface area contributed by atoms with Gasteiger partial charge in [0.1, 0.15) is 12.9 Å². The smallest absolute Gasteiger partial charge is 0.158 e. The van der Waals surface area contributed by atoms with E-state index in [1.165, 1.54) is 0 Å². The molecule has 0 fully saturated rings. The van der Waals surface area contributed by atoms with Crippen molar-refractivity contribution in [3.05, 3.63) is 12.2 Å². The van der Waals surface area contributed by atoms with Gasteiger partial charge >= 0.3 is 0 Å². The lowest BCUT2D eigenvalue weighted by molar-refractivity contribution is 0.262. The van der Waals surface area contributed by atoms with Crippen LogP contribution in [0.4, 0.5) is 0 Å². The van der Waals surface area contributed by atoms with Crippen LogP contribution in [0.2, 0.25) is 0 Å². The van der Waals surface area contributed by atoms with Gasteiger partial charge in [-0.3, -0.25) is 0 Å². The van der Waals surface area contributed by atoms with Crippen LogP contribution >= 0.6 is 0 Å². The highest BCUT2D eigenvalue weighted by molar-refractivity contribution is 4.84. The Balaban J connectivity index is 2.90. The molecular weight excluding hydrogens is 130 g/mol. The van der Waals surface area contributed by atoms with Gasteiger partial charge in [-0.05, 0) is 13.8 Å². The van der Waals surface area contributed by atoms with Gasteiger partial charge in [0.15, 0.2) is 5.82 Å². The quantitative estimate of drug-likeness (QED) is 0.646. The zero-order valence-corrected chi connectivity index (χ0v) is 6.15. The lowest BCUT2D eigenvalue weighted by Gasteiger charge is -2.06. The fourth-order valence-electron chi connectivity index (χ4n) is 0.811. The first-order valence-corrected chi connectivity index (χ1v) is 3.25. The Morgan fingerprint density at radius 1 is 1.70 bits per heavy atom. The molecule has 4 heteroatoms. The van der Waals surface area contributed by atoms with Gasteiger partial charge in [-0.15, -0.1) is 10.2 Å². The molecule has 10 heavy (non-hydrogen) atoms. The first kappa shape index (κ1) is 7.21. The maximum absolute atomic E-state index is 8.73. The minimum Gasteiger partial charge on any atom is -0.388 e. The van der Waals surface area contributed by atoms with E-state index in [1.807, 2.05) is 18.4 Å². The molecule has 0 atom stereocenters. The maximum Gasteiger partial charge on any atom is 0.158 e. The number of aromatic nitrogens is 3. The Morgan fingerprint density at radius 2 is 2.40 bits per heavy atom. The summed E-state index contributed by atoms with van der Waals surface area (Å²) < 4.78 is 1.83. The summed E-state index contributed by atoms with van der Waals surface area (Å²) >= 11 is 0. The van der Waals surface area contributed by atoms with Crippen molar-refractivity contribution in [1.82, 2.24) is 14.8 Å². The molecule has 0 spiro atoms. The molecule has 0 aromatic carbocycles. The highest BCUT2D eigenvalue weighted by Gasteiger charge is 2.03. The second-order valence-corrected chi connectivity index (χ2v) is 2.41. The van der Waals surface area contributed by atoms with Gasteiger partial charge in [0.2, 0.25) is 0 Å². The van der Waals surface area contributed by atoms with Crippen molar-refractivity contribution >= 4 is 0 Å². The Morgan fingerprint density at radius 3 is 2.80 bits per heavy atom. The molecule has 1 heterocycles. The van der Waals surface area contributed by atoms with Crippen LogP contribution in [0.5, 0.6) is 0 Å². The molecule has 0 radical (unpaired) electrons. The molecule has 0 unspecified atom stereocenters. The van der Waals surface area contributed by atoms with E-state index in [-0.39, 0.29) is 6.61 Å². The Bertz CT molecular complexity index is 207. The first-order chi connectivity index (χ1) is 4.75. The van der Waals surface area contributed by atoms with Crippen LogP contribution < -0.4 is 0 Å². The van der Waals surface area contributed by atoms with Crippen LogP contribution in [-0.4, -0.2) is 19.9 Å². The van der Waals surface area contributed by atoms with Gasteiger partial charge in [-0.25, -0.2) is 0 Å². The number of aliphatic hydroxyl groups is 1. The van der Waals surface area contributed by atoms with Crippen LogP contribution in [0.15, 0.2) is 6.33 Å². The standard InChI is InChI=1S/C6H11N3O/c1-5(2)9-4-7-8-6(9)3-10/h4-5,10H,3H2,1-2H3. The summed E-state index contributed by atoms with van der Waals surface area (Å²) in [5.74, 6) is 0.620. The molecule has 1 aromatic heterocycles. The van der Waals surface area contributed by atoms with E-state index in [9.17, 15) is 0 Å². The van der Waals surface area contributed by atoms with Crippen LogP contribution in [0, 0.1) is 0 Å². The minimum absolute atomic E-state index is 0.0435. The predicted molar refractivity (Wildman–Crippen MR) is 36.3 cm³/mol. The van der Waals surface area contributed by atoms with Gasteiger partial charge in [-0.2, -0.15) is 0 Å². The first-order valence-electron chi connectivity index (χ1n) is 3.25. The zero-order valence-electron chi connectivity index (χ0n) is 6.15. The summed E-state index contributed by atoms with van der Waals surface area (Å²) in [6, 6.07) is 0.317. The summed E-state index contributed by atoms with van der Waals surface area (Å²) in [5, 5.41) is 16.1. The van der Waals surface area contributed by atoms with Crippen molar-refractivity contribution in [2.45, 2.75) is 26.5 Å². The van der Waals surface area contributed by atoms with E-state index in [4.69, 9.17) is 5.11 Å². The minimum atomic E-state index is -0.0435. The van der Waals surface area contributed by atoms with Gasteiger partial charge in [0.25, 0.3) is 0 Å². The van der Waals surface area contributed by atoms with Crippen molar-refractivity contribution in [3.8, 4) is 0 Å². The highest BCUT2D eigenvalue weighted by Crippen LogP contribution is 2.05. The molecule has 4 nitrogen and oxygen atoms in total. The van der Waals surface area contributed by atoms with E-state index >= 15 is 0 Å². The van der Waals surface area contributed by atoms with Gasteiger partial charge < -0.3 is 9.67 Å². The highest BCUT2D eigenvalue weighted by atomic mass is 16.3. The van der Waals surface area contributed by atoms with Crippen molar-refractivity contribution < 1.29 is 5.11 Å². The summed E-state index contributed by atoms with van der Waals surface area (Å²) in [6.07, 6.45) is 1.62. The average Bonchev–Trinajstić information content (AvgIpc) is 2.33. The van der Waals surface area contributed by atoms with Gasteiger partial charge in [-0.1, -0.05) is 0 Å². The Labute approximate surface area is 59.5 Å². The normalized spacial score (nSPS) is 10.8. The Kier molecular flexibility index (Phi) is 2.01. The molecule has 1 N–H and O–H groups in total. The van der Waals surface area contributed by atoms with Crippen molar-refractivity contribution in [3.63, 3.8) is 0 Å². The summed E-state index contributed by atoms with van der Waals surface area (Å²) in [4.78, 5) is 0. The topological polar surface area (TPSA) is 50.9 Å². The third kappa shape index (κ3) is 1.16. The lowest BCUT2D eigenvalue weighted by Crippen LogP contribution is -2.04. The van der Waals surface area contributed by atoms with Gasteiger partial charge in [0, 0.05) is 6.04 Å². The fraction of sp³-hybridized carbons (Fsp3) is 0.667. The molecule has 0 amide bonds. The van der Waals surface area contributed by atoms with Crippen LogP contribution in [0.25, 0.3) is 0 Å². The molecular formula is C6H11N3O. The van der Waals surface area contributed by atoms with E-state index in [2.05, 4.69) is 10.2 Å². The largest absolute Gasteiger partial charge is 0.388 e. The SMILES string of the molecule is CC(C)n1cnnc1CO. The third-order valence-corrected chi connectivity index (χ3v) is 1.35. The second kappa shape index (κ2) is 2.79.